The van der Waals surface area contributed by atoms with Gasteiger partial charge in [0.25, 0.3) is 0 Å². The second-order valence-electron chi connectivity index (χ2n) is 4.38. The second-order valence-corrected chi connectivity index (χ2v) is 4.38. The molecule has 0 fully saturated rings. The first-order chi connectivity index (χ1) is 9.06. The summed E-state index contributed by atoms with van der Waals surface area (Å²) in [6, 6.07) is 4.83. The maximum Gasteiger partial charge on any atom is 0.161 e. The van der Waals surface area contributed by atoms with Crippen molar-refractivity contribution in [1.29, 1.82) is 0 Å². The van der Waals surface area contributed by atoms with Crippen molar-refractivity contribution in [3.63, 3.8) is 0 Å². The number of hydrogen-bond donors (Lipinski definition) is 2. The van der Waals surface area contributed by atoms with Gasteiger partial charge in [-0.15, -0.1) is 0 Å². The lowest BCUT2D eigenvalue weighted by atomic mass is 10.1. The number of allylic oxidation sites excluding steroid dienone is 1. The Morgan fingerprint density at radius 2 is 2.21 bits per heavy atom. The van der Waals surface area contributed by atoms with E-state index < -0.39 is 6.10 Å². The minimum absolute atomic E-state index is 0.0596. The van der Waals surface area contributed by atoms with E-state index in [2.05, 4.69) is 0 Å². The smallest absolute Gasteiger partial charge is 0.161 e. The molecule has 1 atom stereocenters. The molecule has 0 aliphatic carbocycles. The van der Waals surface area contributed by atoms with Crippen LogP contribution in [-0.4, -0.2) is 29.2 Å². The zero-order chi connectivity index (χ0) is 14.3. The number of carbonyl (C=O) groups is 1. The summed E-state index contributed by atoms with van der Waals surface area (Å²) in [7, 11) is 1.47. The van der Waals surface area contributed by atoms with Gasteiger partial charge in [-0.05, 0) is 30.2 Å². The van der Waals surface area contributed by atoms with Crippen LogP contribution in [0.4, 0.5) is 0 Å². The van der Waals surface area contributed by atoms with E-state index in [0.29, 0.717) is 12.2 Å². The van der Waals surface area contributed by atoms with Gasteiger partial charge in [0, 0.05) is 6.42 Å². The molecule has 0 heterocycles. The highest BCUT2D eigenvalue weighted by Gasteiger charge is 2.07. The minimum Gasteiger partial charge on any atom is -0.504 e. The summed E-state index contributed by atoms with van der Waals surface area (Å²) >= 11 is 0. The molecule has 0 bridgehead atoms. The maximum atomic E-state index is 11.6. The van der Waals surface area contributed by atoms with Crippen molar-refractivity contribution in [2.24, 2.45) is 0 Å². The molecule has 4 nitrogen and oxygen atoms in total. The zero-order valence-corrected chi connectivity index (χ0v) is 11.3. The number of aliphatic hydroxyl groups is 1. The van der Waals surface area contributed by atoms with Crippen LogP contribution in [0.2, 0.25) is 0 Å². The summed E-state index contributed by atoms with van der Waals surface area (Å²) in [6.07, 6.45) is 4.13. The summed E-state index contributed by atoms with van der Waals surface area (Å²) in [5.41, 5.74) is 0.757. The van der Waals surface area contributed by atoms with Gasteiger partial charge in [0.05, 0.1) is 13.2 Å². The van der Waals surface area contributed by atoms with Crippen LogP contribution in [-0.2, 0) is 4.79 Å². The first kappa shape index (κ1) is 15.2. The number of ketones is 1. The fourth-order valence-corrected chi connectivity index (χ4v) is 1.72. The third kappa shape index (κ3) is 5.14. The number of phenolic OH excluding ortho intramolecular Hbond substituents is 1. The minimum atomic E-state index is -0.573. The summed E-state index contributed by atoms with van der Waals surface area (Å²) in [6.45, 7) is 1.96. The van der Waals surface area contributed by atoms with E-state index in [1.165, 1.54) is 19.3 Å². The van der Waals surface area contributed by atoms with Gasteiger partial charge >= 0.3 is 0 Å². The summed E-state index contributed by atoms with van der Waals surface area (Å²) in [5, 5.41) is 19.0. The Balaban J connectivity index is 2.63. The number of hydrogen-bond acceptors (Lipinski definition) is 4. The molecule has 19 heavy (non-hydrogen) atoms. The van der Waals surface area contributed by atoms with E-state index in [0.717, 1.165) is 12.0 Å². The number of phenols is 1. The molecule has 1 aromatic carbocycles. The molecule has 0 saturated carbocycles. The standard InChI is InChI=1S/C15H20O4/c1-3-4-12(16)10-13(17)7-5-11-6-8-14(18)15(9-11)19-2/h5-9,12,16,18H,3-4,10H2,1-2H3. The monoisotopic (exact) mass is 264 g/mol. The van der Waals surface area contributed by atoms with Gasteiger partial charge in [-0.1, -0.05) is 25.5 Å². The molecule has 1 unspecified atom stereocenters. The van der Waals surface area contributed by atoms with Gasteiger partial charge in [0.1, 0.15) is 0 Å². The number of rotatable bonds is 7. The average Bonchev–Trinajstić information content (AvgIpc) is 2.38. The van der Waals surface area contributed by atoms with Crippen LogP contribution >= 0.6 is 0 Å². The van der Waals surface area contributed by atoms with E-state index in [-0.39, 0.29) is 18.0 Å². The molecule has 0 amide bonds. The van der Waals surface area contributed by atoms with E-state index in [1.54, 1.807) is 18.2 Å². The Labute approximate surface area is 113 Å². The van der Waals surface area contributed by atoms with E-state index in [1.807, 2.05) is 6.92 Å². The third-order valence-electron chi connectivity index (χ3n) is 2.72. The molecular formula is C15H20O4. The van der Waals surface area contributed by atoms with Crippen molar-refractivity contribution in [2.45, 2.75) is 32.3 Å². The van der Waals surface area contributed by atoms with Crippen molar-refractivity contribution in [3.8, 4) is 11.5 Å². The Hall–Kier alpha value is -1.81. The van der Waals surface area contributed by atoms with Crippen molar-refractivity contribution in [1.82, 2.24) is 0 Å². The number of ether oxygens (including phenoxy) is 1. The SMILES string of the molecule is CCCC(O)CC(=O)C=Cc1ccc(O)c(OC)c1. The Morgan fingerprint density at radius 1 is 1.47 bits per heavy atom. The Bertz CT molecular complexity index is 451. The van der Waals surface area contributed by atoms with Crippen LogP contribution in [0.25, 0.3) is 6.08 Å². The molecule has 2 N–H and O–H groups in total. The van der Waals surface area contributed by atoms with Gasteiger partial charge in [-0.2, -0.15) is 0 Å². The molecule has 0 aliphatic heterocycles. The highest BCUT2D eigenvalue weighted by Crippen LogP contribution is 2.26. The molecule has 104 valence electrons. The van der Waals surface area contributed by atoms with Crippen molar-refractivity contribution in [3.05, 3.63) is 29.8 Å². The van der Waals surface area contributed by atoms with Crippen LogP contribution in [0.15, 0.2) is 24.3 Å². The van der Waals surface area contributed by atoms with E-state index in [4.69, 9.17) is 4.74 Å². The zero-order valence-electron chi connectivity index (χ0n) is 11.3. The van der Waals surface area contributed by atoms with Crippen LogP contribution in [0.5, 0.6) is 11.5 Å². The average molecular weight is 264 g/mol. The number of aliphatic hydroxyl groups excluding tert-OH is 1. The molecule has 0 spiro atoms. The fraction of sp³-hybridized carbons (Fsp3) is 0.400. The maximum absolute atomic E-state index is 11.6. The number of aromatic hydroxyl groups is 1. The molecule has 4 heteroatoms. The van der Waals surface area contributed by atoms with Gasteiger partial charge in [-0.3, -0.25) is 4.79 Å². The summed E-state index contributed by atoms with van der Waals surface area (Å²) in [5.74, 6) is 0.304. The molecule has 0 saturated heterocycles. The first-order valence-electron chi connectivity index (χ1n) is 6.32. The summed E-state index contributed by atoms with van der Waals surface area (Å²) in [4.78, 5) is 11.6. The van der Waals surface area contributed by atoms with Gasteiger partial charge in [0.2, 0.25) is 0 Å². The van der Waals surface area contributed by atoms with Crippen LogP contribution in [0.1, 0.15) is 31.7 Å². The lowest BCUT2D eigenvalue weighted by Crippen LogP contribution is -2.11. The number of carbonyl (C=O) groups excluding carboxylic acids is 1. The molecule has 0 aromatic heterocycles. The van der Waals surface area contributed by atoms with E-state index >= 15 is 0 Å². The highest BCUT2D eigenvalue weighted by atomic mass is 16.5. The van der Waals surface area contributed by atoms with Gasteiger partial charge in [-0.25, -0.2) is 0 Å². The van der Waals surface area contributed by atoms with Crippen molar-refractivity contribution < 1.29 is 19.7 Å². The van der Waals surface area contributed by atoms with Crippen molar-refractivity contribution >= 4 is 11.9 Å². The summed E-state index contributed by atoms with van der Waals surface area (Å²) < 4.78 is 4.98. The normalized spacial score (nSPS) is 12.6. The van der Waals surface area contributed by atoms with Gasteiger partial charge in [0.15, 0.2) is 17.3 Å². The predicted octanol–water partition coefficient (Wildman–Crippen LogP) is 2.53. The molecule has 1 aromatic rings. The van der Waals surface area contributed by atoms with Gasteiger partial charge < -0.3 is 14.9 Å². The Kier molecular flexibility index (Phi) is 6.09. The van der Waals surface area contributed by atoms with Crippen LogP contribution < -0.4 is 4.74 Å². The van der Waals surface area contributed by atoms with E-state index in [9.17, 15) is 15.0 Å². The molecular weight excluding hydrogens is 244 g/mol. The third-order valence-corrected chi connectivity index (χ3v) is 2.72. The molecule has 0 aliphatic rings. The first-order valence-corrected chi connectivity index (χ1v) is 6.32. The quantitative estimate of drug-likeness (QED) is 0.743. The lowest BCUT2D eigenvalue weighted by Gasteiger charge is -2.06. The second kappa shape index (κ2) is 7.59. The molecule has 0 radical (unpaired) electrons. The lowest BCUT2D eigenvalue weighted by molar-refractivity contribution is -0.116. The number of benzene rings is 1. The highest BCUT2D eigenvalue weighted by molar-refractivity contribution is 5.93. The van der Waals surface area contributed by atoms with Crippen molar-refractivity contribution in [2.75, 3.05) is 7.11 Å². The predicted molar refractivity (Wildman–Crippen MR) is 74.2 cm³/mol. The Morgan fingerprint density at radius 3 is 2.84 bits per heavy atom. The fourth-order valence-electron chi connectivity index (χ4n) is 1.72. The largest absolute Gasteiger partial charge is 0.504 e. The topological polar surface area (TPSA) is 66.8 Å². The molecule has 1 rings (SSSR count). The van der Waals surface area contributed by atoms with Crippen LogP contribution in [0, 0.1) is 0 Å². The number of methoxy groups -OCH3 is 1. The van der Waals surface area contributed by atoms with Crippen LogP contribution in [0.3, 0.4) is 0 Å².